The summed E-state index contributed by atoms with van der Waals surface area (Å²) in [5, 5.41) is 0.442. The Kier molecular flexibility index (Phi) is 5.42. The van der Waals surface area contributed by atoms with Gasteiger partial charge < -0.3 is 9.88 Å². The highest BCUT2D eigenvalue weighted by atomic mass is 32.2. The van der Waals surface area contributed by atoms with Gasteiger partial charge >= 0.3 is 0 Å². The minimum Gasteiger partial charge on any atom is -0.370 e. The molecule has 10 heteroatoms. The highest BCUT2D eigenvalue weighted by Crippen LogP contribution is 2.30. The maximum atomic E-state index is 15.0. The minimum atomic E-state index is -3.81. The number of H-pyrrole nitrogens is 1. The van der Waals surface area contributed by atoms with E-state index in [4.69, 9.17) is 0 Å². The van der Waals surface area contributed by atoms with Crippen LogP contribution in [0.5, 0.6) is 0 Å². The van der Waals surface area contributed by atoms with Crippen molar-refractivity contribution < 1.29 is 22.0 Å². The Bertz CT molecular complexity index is 1270. The number of benzene rings is 1. The number of carbonyl (C=O) groups is 1. The van der Waals surface area contributed by atoms with E-state index >= 15 is 4.39 Å². The number of aromatic nitrogens is 2. The van der Waals surface area contributed by atoms with E-state index in [-0.39, 0.29) is 11.3 Å². The number of ketones is 1. The lowest BCUT2D eigenvalue weighted by molar-refractivity contribution is 0.103. The van der Waals surface area contributed by atoms with Crippen LogP contribution in [0.2, 0.25) is 0 Å². The van der Waals surface area contributed by atoms with Crippen LogP contribution in [-0.4, -0.2) is 43.0 Å². The van der Waals surface area contributed by atoms with E-state index in [0.717, 1.165) is 30.9 Å². The first-order valence-corrected chi connectivity index (χ1v) is 11.6. The maximum absolute atomic E-state index is 15.0. The summed E-state index contributed by atoms with van der Waals surface area (Å²) in [4.78, 5) is 22.4. The molecule has 2 N–H and O–H groups in total. The van der Waals surface area contributed by atoms with Crippen molar-refractivity contribution in [2.75, 3.05) is 28.5 Å². The molecule has 0 saturated carbocycles. The molecule has 3 heterocycles. The Labute approximate surface area is 178 Å². The summed E-state index contributed by atoms with van der Waals surface area (Å²) in [6.07, 6.45) is 3.36. The SMILES string of the molecule is CCCS(=O)(=O)Nc1ccc(F)c(C(=O)c2c[nH]c3ncc(N4CC(C)C4)cc23)c1F. The molecule has 3 aromatic rings. The van der Waals surface area contributed by atoms with E-state index in [0.29, 0.717) is 23.4 Å². The van der Waals surface area contributed by atoms with E-state index in [2.05, 4.69) is 26.5 Å². The van der Waals surface area contributed by atoms with Crippen molar-refractivity contribution in [3.8, 4) is 0 Å². The third kappa shape index (κ3) is 3.99. The Morgan fingerprint density at radius 3 is 2.74 bits per heavy atom. The highest BCUT2D eigenvalue weighted by molar-refractivity contribution is 7.92. The van der Waals surface area contributed by atoms with Gasteiger partial charge in [0.25, 0.3) is 0 Å². The number of nitrogens with one attached hydrogen (secondary N) is 2. The van der Waals surface area contributed by atoms with Crippen LogP contribution in [0.3, 0.4) is 0 Å². The first-order chi connectivity index (χ1) is 14.7. The predicted octanol–water partition coefficient (Wildman–Crippen LogP) is 3.68. The summed E-state index contributed by atoms with van der Waals surface area (Å²) in [5.74, 6) is -2.88. The Hall–Kier alpha value is -3.01. The van der Waals surface area contributed by atoms with Gasteiger partial charge in [0.15, 0.2) is 5.82 Å². The largest absolute Gasteiger partial charge is 0.370 e. The van der Waals surface area contributed by atoms with Crippen LogP contribution in [0.1, 0.15) is 36.2 Å². The quantitative estimate of drug-likeness (QED) is 0.538. The fourth-order valence-electron chi connectivity index (χ4n) is 3.72. The predicted molar refractivity (Wildman–Crippen MR) is 115 cm³/mol. The summed E-state index contributed by atoms with van der Waals surface area (Å²) in [7, 11) is -3.81. The lowest BCUT2D eigenvalue weighted by Crippen LogP contribution is -2.45. The zero-order valence-electron chi connectivity index (χ0n) is 17.1. The summed E-state index contributed by atoms with van der Waals surface area (Å²) >= 11 is 0. The van der Waals surface area contributed by atoms with Gasteiger partial charge in [0, 0.05) is 30.2 Å². The third-order valence-corrected chi connectivity index (χ3v) is 6.72. The second-order valence-corrected chi connectivity index (χ2v) is 9.68. The Morgan fingerprint density at radius 1 is 1.32 bits per heavy atom. The number of nitrogens with zero attached hydrogens (tertiary/aromatic N) is 2. The van der Waals surface area contributed by atoms with Gasteiger partial charge in [0.1, 0.15) is 11.5 Å². The minimum absolute atomic E-state index is 0.0595. The third-order valence-electron chi connectivity index (χ3n) is 5.25. The van der Waals surface area contributed by atoms with Crippen LogP contribution in [0, 0.1) is 17.6 Å². The molecule has 0 atom stereocenters. The molecule has 1 aliphatic heterocycles. The molecular weight excluding hydrogens is 426 g/mol. The topological polar surface area (TPSA) is 95.2 Å². The fourth-order valence-corrected chi connectivity index (χ4v) is 4.86. The van der Waals surface area contributed by atoms with Crippen LogP contribution in [-0.2, 0) is 10.0 Å². The molecule has 0 aliphatic carbocycles. The van der Waals surface area contributed by atoms with Gasteiger partial charge in [0.05, 0.1) is 28.9 Å². The van der Waals surface area contributed by atoms with Gasteiger partial charge in [-0.2, -0.15) is 0 Å². The van der Waals surface area contributed by atoms with Crippen LogP contribution in [0.4, 0.5) is 20.2 Å². The van der Waals surface area contributed by atoms with Crippen molar-refractivity contribution in [2.45, 2.75) is 20.3 Å². The average molecular weight is 448 g/mol. The molecule has 1 aromatic carbocycles. The van der Waals surface area contributed by atoms with Crippen molar-refractivity contribution in [3.05, 3.63) is 53.4 Å². The molecule has 0 spiro atoms. The van der Waals surface area contributed by atoms with Crippen LogP contribution in [0.25, 0.3) is 11.0 Å². The monoisotopic (exact) mass is 448 g/mol. The number of pyridine rings is 1. The van der Waals surface area contributed by atoms with Crippen molar-refractivity contribution in [3.63, 3.8) is 0 Å². The zero-order chi connectivity index (χ0) is 22.3. The van der Waals surface area contributed by atoms with Gasteiger partial charge in [-0.3, -0.25) is 9.52 Å². The number of sulfonamides is 1. The zero-order valence-corrected chi connectivity index (χ0v) is 17.9. The molecule has 0 amide bonds. The van der Waals surface area contributed by atoms with E-state index in [9.17, 15) is 17.6 Å². The summed E-state index contributed by atoms with van der Waals surface area (Å²) in [6.45, 7) is 5.52. The van der Waals surface area contributed by atoms with Crippen LogP contribution < -0.4 is 9.62 Å². The number of hydrogen-bond acceptors (Lipinski definition) is 5. The van der Waals surface area contributed by atoms with Crippen molar-refractivity contribution in [1.29, 1.82) is 0 Å². The number of fused-ring (bicyclic) bond motifs is 1. The van der Waals surface area contributed by atoms with Crippen LogP contribution >= 0.6 is 0 Å². The lowest BCUT2D eigenvalue weighted by Gasteiger charge is -2.38. The normalized spacial score (nSPS) is 14.6. The fraction of sp³-hybridized carbons (Fsp3) is 0.333. The molecule has 0 unspecified atom stereocenters. The number of halogens is 2. The van der Waals surface area contributed by atoms with E-state index in [1.807, 2.05) is 0 Å². The van der Waals surface area contributed by atoms with Gasteiger partial charge in [-0.1, -0.05) is 13.8 Å². The second-order valence-electron chi connectivity index (χ2n) is 7.84. The van der Waals surface area contributed by atoms with Crippen molar-refractivity contribution in [1.82, 2.24) is 9.97 Å². The maximum Gasteiger partial charge on any atom is 0.232 e. The smallest absolute Gasteiger partial charge is 0.232 e. The summed E-state index contributed by atoms with van der Waals surface area (Å²) < 4.78 is 55.6. The van der Waals surface area contributed by atoms with Gasteiger partial charge in [-0.05, 0) is 30.5 Å². The average Bonchev–Trinajstić information content (AvgIpc) is 3.11. The number of hydrogen-bond donors (Lipinski definition) is 2. The summed E-state index contributed by atoms with van der Waals surface area (Å²) in [5.41, 5.74) is 0.0128. The van der Waals surface area contributed by atoms with E-state index in [1.165, 1.54) is 6.20 Å². The molecule has 31 heavy (non-hydrogen) atoms. The molecular formula is C21H22F2N4O3S. The van der Waals surface area contributed by atoms with Crippen molar-refractivity contribution in [2.24, 2.45) is 5.92 Å². The molecule has 7 nitrogen and oxygen atoms in total. The molecule has 1 aliphatic rings. The molecule has 4 rings (SSSR count). The Balaban J connectivity index is 1.73. The molecule has 1 fully saturated rings. The number of carbonyl (C=O) groups excluding carboxylic acids is 1. The van der Waals surface area contributed by atoms with E-state index in [1.54, 1.807) is 19.2 Å². The Morgan fingerprint density at radius 2 is 2.06 bits per heavy atom. The second kappa shape index (κ2) is 7.92. The highest BCUT2D eigenvalue weighted by Gasteiger charge is 2.27. The number of anilines is 2. The van der Waals surface area contributed by atoms with E-state index < -0.39 is 38.7 Å². The number of aromatic amines is 1. The van der Waals surface area contributed by atoms with Gasteiger partial charge in [-0.25, -0.2) is 22.2 Å². The first-order valence-electron chi connectivity index (χ1n) is 9.95. The molecule has 0 radical (unpaired) electrons. The molecule has 2 aromatic heterocycles. The summed E-state index contributed by atoms with van der Waals surface area (Å²) in [6, 6.07) is 3.61. The molecule has 0 bridgehead atoms. The van der Waals surface area contributed by atoms with Gasteiger partial charge in [-0.15, -0.1) is 0 Å². The van der Waals surface area contributed by atoms with Crippen LogP contribution in [0.15, 0.2) is 30.6 Å². The number of rotatable bonds is 7. The van der Waals surface area contributed by atoms with Gasteiger partial charge in [0.2, 0.25) is 15.8 Å². The standard InChI is InChI=1S/C21H22F2N4O3S/c1-3-6-31(29,30)26-17-5-4-16(22)18(19(17)23)20(28)15-9-25-21-14(15)7-13(8-24-21)27-10-12(2)11-27/h4-5,7-9,12,26H,3,6,10-11H2,1-2H3,(H,24,25). The lowest BCUT2D eigenvalue weighted by atomic mass is 10.00. The molecule has 1 saturated heterocycles. The molecule has 164 valence electrons. The first kappa shape index (κ1) is 21.2. The van der Waals surface area contributed by atoms with Crippen molar-refractivity contribution >= 4 is 38.2 Å².